The van der Waals surface area contributed by atoms with Crippen molar-refractivity contribution in [2.75, 3.05) is 38.8 Å². The normalized spacial score (nSPS) is 14.6. The van der Waals surface area contributed by atoms with E-state index < -0.39 is 0 Å². The molecule has 0 aliphatic heterocycles. The Balaban J connectivity index is 2.00. The zero-order chi connectivity index (χ0) is 14.4. The van der Waals surface area contributed by atoms with Gasteiger partial charge >= 0.3 is 0 Å². The van der Waals surface area contributed by atoms with E-state index in [0.29, 0.717) is 25.7 Å². The fourth-order valence-corrected chi connectivity index (χ4v) is 2.82. The number of halogens is 1. The third-order valence-corrected chi connectivity index (χ3v) is 4.20. The molecule has 1 aliphatic rings. The maximum absolute atomic E-state index is 5.50. The largest absolute Gasteiger partial charge is 0.382 e. The first kappa shape index (κ1) is 15.9. The molecule has 1 heterocycles. The average molecular weight is 391 g/mol. The Kier molecular flexibility index (Phi) is 6.44. The van der Waals surface area contributed by atoms with Crippen LogP contribution < -0.4 is 5.32 Å². The fourth-order valence-electron chi connectivity index (χ4n) is 1.94. The smallest absolute Gasteiger partial charge is 0.143 e. The number of methoxy groups -OCH3 is 1. The maximum Gasteiger partial charge on any atom is 0.143 e. The van der Waals surface area contributed by atoms with E-state index in [1.54, 1.807) is 7.11 Å². The number of aromatic nitrogens is 2. The number of nitrogens with one attached hydrogen (secondary N) is 1. The van der Waals surface area contributed by atoms with Crippen LogP contribution >= 0.6 is 22.6 Å². The van der Waals surface area contributed by atoms with Crippen molar-refractivity contribution >= 4 is 28.4 Å². The van der Waals surface area contributed by atoms with Gasteiger partial charge in [-0.2, -0.15) is 0 Å². The quantitative estimate of drug-likeness (QED) is 0.518. The number of ether oxygens (including phenoxy) is 2. The summed E-state index contributed by atoms with van der Waals surface area (Å²) in [5, 5.41) is 3.33. The van der Waals surface area contributed by atoms with E-state index in [-0.39, 0.29) is 0 Å². The first-order chi connectivity index (χ1) is 9.76. The molecule has 1 aliphatic carbocycles. The molecule has 2 rings (SSSR count). The predicted octanol–water partition coefficient (Wildman–Crippen LogP) is 2.60. The van der Waals surface area contributed by atoms with Gasteiger partial charge in [0.15, 0.2) is 0 Å². The third-order valence-electron chi connectivity index (χ3n) is 3.13. The maximum atomic E-state index is 5.50. The third kappa shape index (κ3) is 4.53. The van der Waals surface area contributed by atoms with Crippen LogP contribution in [0.15, 0.2) is 0 Å². The zero-order valence-electron chi connectivity index (χ0n) is 12.1. The zero-order valence-corrected chi connectivity index (χ0v) is 14.3. The molecule has 0 bridgehead atoms. The van der Waals surface area contributed by atoms with Crippen molar-refractivity contribution in [1.29, 1.82) is 0 Å². The van der Waals surface area contributed by atoms with E-state index in [2.05, 4.69) is 39.8 Å². The summed E-state index contributed by atoms with van der Waals surface area (Å²) in [5.41, 5.74) is 1.21. The average Bonchev–Trinajstić information content (AvgIpc) is 3.26. The van der Waals surface area contributed by atoms with Crippen molar-refractivity contribution in [2.45, 2.75) is 32.1 Å². The second-order valence-corrected chi connectivity index (χ2v) is 5.93. The monoisotopic (exact) mass is 391 g/mol. The molecule has 0 amide bonds. The molecule has 0 aromatic carbocycles. The molecule has 0 spiro atoms. The minimum absolute atomic E-state index is 0.621. The molecule has 0 radical (unpaired) electrons. The lowest BCUT2D eigenvalue weighted by molar-refractivity contribution is 0.0716. The molecule has 0 saturated heterocycles. The van der Waals surface area contributed by atoms with Gasteiger partial charge in [0.1, 0.15) is 11.6 Å². The van der Waals surface area contributed by atoms with Crippen molar-refractivity contribution in [3.8, 4) is 0 Å². The number of anilines is 1. The molecule has 1 aromatic heterocycles. The van der Waals surface area contributed by atoms with E-state index in [1.807, 2.05) is 0 Å². The van der Waals surface area contributed by atoms with Gasteiger partial charge in [0.25, 0.3) is 0 Å². The van der Waals surface area contributed by atoms with Gasteiger partial charge < -0.3 is 14.8 Å². The van der Waals surface area contributed by atoms with E-state index in [1.165, 1.54) is 22.1 Å². The summed E-state index contributed by atoms with van der Waals surface area (Å²) < 4.78 is 11.6. The first-order valence-corrected chi connectivity index (χ1v) is 8.21. The van der Waals surface area contributed by atoms with Crippen LogP contribution in [0.3, 0.4) is 0 Å². The van der Waals surface area contributed by atoms with Crippen molar-refractivity contribution in [2.24, 2.45) is 0 Å². The second kappa shape index (κ2) is 8.09. The predicted molar refractivity (Wildman–Crippen MR) is 87.3 cm³/mol. The van der Waals surface area contributed by atoms with Gasteiger partial charge in [-0.3, -0.25) is 0 Å². The van der Waals surface area contributed by atoms with Crippen LogP contribution in [-0.2, 0) is 15.9 Å². The van der Waals surface area contributed by atoms with Gasteiger partial charge in [-0.1, -0.05) is 0 Å². The number of nitrogens with zero attached hydrogens (tertiary/aromatic N) is 2. The Labute approximate surface area is 134 Å². The molecule has 5 nitrogen and oxygen atoms in total. The molecule has 6 heteroatoms. The summed E-state index contributed by atoms with van der Waals surface area (Å²) in [6.45, 7) is 4.85. The lowest BCUT2D eigenvalue weighted by atomic mass is 10.2. The molecular formula is C14H22IN3O2. The highest BCUT2D eigenvalue weighted by molar-refractivity contribution is 14.1. The number of hydrogen-bond donors (Lipinski definition) is 1. The molecule has 1 fully saturated rings. The second-order valence-electron chi connectivity index (χ2n) is 4.85. The summed E-state index contributed by atoms with van der Waals surface area (Å²) in [4.78, 5) is 9.33. The molecular weight excluding hydrogens is 369 g/mol. The number of hydrogen-bond acceptors (Lipinski definition) is 5. The van der Waals surface area contributed by atoms with Crippen molar-refractivity contribution < 1.29 is 9.47 Å². The SMILES string of the molecule is CCNc1nc(CCOCCOC)nc(C2CC2)c1I. The Bertz CT molecular complexity index is 439. The Morgan fingerprint density at radius 2 is 2.05 bits per heavy atom. The first-order valence-electron chi connectivity index (χ1n) is 7.13. The highest BCUT2D eigenvalue weighted by Crippen LogP contribution is 2.42. The molecule has 0 atom stereocenters. The highest BCUT2D eigenvalue weighted by atomic mass is 127. The molecule has 1 N–H and O–H groups in total. The summed E-state index contributed by atoms with van der Waals surface area (Å²) in [7, 11) is 1.68. The lowest BCUT2D eigenvalue weighted by Crippen LogP contribution is -2.12. The summed E-state index contributed by atoms with van der Waals surface area (Å²) >= 11 is 2.36. The lowest BCUT2D eigenvalue weighted by Gasteiger charge is -2.12. The standard InChI is InChI=1S/C14H22IN3O2/c1-3-16-14-12(15)13(10-4-5-10)17-11(18-14)6-7-20-9-8-19-2/h10H,3-9H2,1-2H3,(H,16,17,18). The molecule has 1 saturated carbocycles. The van der Waals surface area contributed by atoms with E-state index >= 15 is 0 Å². The van der Waals surface area contributed by atoms with Gasteiger partial charge in [0, 0.05) is 26.0 Å². The van der Waals surface area contributed by atoms with Crippen LogP contribution in [0, 0.1) is 3.57 Å². The van der Waals surface area contributed by atoms with E-state index in [4.69, 9.17) is 14.5 Å². The Hall–Kier alpha value is -0.470. The summed E-state index contributed by atoms with van der Waals surface area (Å²) in [6, 6.07) is 0. The summed E-state index contributed by atoms with van der Waals surface area (Å²) in [6.07, 6.45) is 3.25. The van der Waals surface area contributed by atoms with Crippen LogP contribution in [0.1, 0.15) is 37.2 Å². The van der Waals surface area contributed by atoms with Gasteiger partial charge in [-0.25, -0.2) is 9.97 Å². The van der Waals surface area contributed by atoms with Crippen LogP contribution in [0.5, 0.6) is 0 Å². The van der Waals surface area contributed by atoms with Gasteiger partial charge in [0.2, 0.25) is 0 Å². The van der Waals surface area contributed by atoms with Gasteiger partial charge in [0.05, 0.1) is 29.1 Å². The van der Waals surface area contributed by atoms with Crippen molar-refractivity contribution in [3.05, 3.63) is 15.1 Å². The molecule has 20 heavy (non-hydrogen) atoms. The molecule has 112 valence electrons. The van der Waals surface area contributed by atoms with Crippen molar-refractivity contribution in [1.82, 2.24) is 9.97 Å². The van der Waals surface area contributed by atoms with Crippen LogP contribution in [0.4, 0.5) is 5.82 Å². The highest BCUT2D eigenvalue weighted by Gasteiger charge is 2.29. The van der Waals surface area contributed by atoms with Gasteiger partial charge in [-0.05, 0) is 42.4 Å². The summed E-state index contributed by atoms with van der Waals surface area (Å²) in [5.74, 6) is 2.48. The minimum atomic E-state index is 0.621. The minimum Gasteiger partial charge on any atom is -0.382 e. The number of rotatable bonds is 9. The fraction of sp³-hybridized carbons (Fsp3) is 0.714. The Morgan fingerprint density at radius 3 is 2.70 bits per heavy atom. The molecule has 0 unspecified atom stereocenters. The Morgan fingerprint density at radius 1 is 1.25 bits per heavy atom. The van der Waals surface area contributed by atoms with Crippen molar-refractivity contribution in [3.63, 3.8) is 0 Å². The van der Waals surface area contributed by atoms with Gasteiger partial charge in [-0.15, -0.1) is 0 Å². The van der Waals surface area contributed by atoms with E-state index in [9.17, 15) is 0 Å². The van der Waals surface area contributed by atoms with Crippen LogP contribution in [0.25, 0.3) is 0 Å². The topological polar surface area (TPSA) is 56.3 Å². The molecule has 1 aromatic rings. The van der Waals surface area contributed by atoms with Crippen LogP contribution in [0.2, 0.25) is 0 Å². The van der Waals surface area contributed by atoms with Crippen LogP contribution in [-0.4, -0.2) is 43.4 Å². The van der Waals surface area contributed by atoms with E-state index in [0.717, 1.165) is 24.6 Å².